The van der Waals surface area contributed by atoms with E-state index in [4.69, 9.17) is 16.9 Å². The number of alkyl halides is 1. The second-order valence-corrected chi connectivity index (χ2v) is 3.43. The number of halogens is 2. The van der Waals surface area contributed by atoms with Crippen LogP contribution >= 0.6 is 27.5 Å². The van der Waals surface area contributed by atoms with E-state index in [9.17, 15) is 10.1 Å². The van der Waals surface area contributed by atoms with E-state index in [0.717, 1.165) is 0 Å². The average Bonchev–Trinajstić information content (AvgIpc) is 2.16. The number of nitro benzene ring substituents is 1. The molecular weight excluding hydrogens is 271 g/mol. The Hall–Kier alpha value is -1.12. The van der Waals surface area contributed by atoms with Crippen molar-refractivity contribution in [2.45, 2.75) is 5.33 Å². The van der Waals surface area contributed by atoms with Crippen LogP contribution in [-0.4, -0.2) is 4.92 Å². The van der Waals surface area contributed by atoms with Crippen molar-refractivity contribution in [2.24, 2.45) is 0 Å². The molecule has 0 unspecified atom stereocenters. The molecule has 0 aliphatic heterocycles. The SMILES string of the molecule is N#Cc1cc([N+](=O)[O-])c(Cl)cc1CBr. The van der Waals surface area contributed by atoms with Crippen molar-refractivity contribution in [3.63, 3.8) is 0 Å². The third-order valence-electron chi connectivity index (χ3n) is 1.63. The Balaban J connectivity index is 3.40. The number of hydrogen-bond acceptors (Lipinski definition) is 3. The molecular formula is C8H4BrClN2O2. The molecule has 0 aliphatic rings. The van der Waals surface area contributed by atoms with Crippen LogP contribution < -0.4 is 0 Å². The first-order chi connectivity index (χ1) is 6.60. The maximum atomic E-state index is 10.5. The van der Waals surface area contributed by atoms with Crippen molar-refractivity contribution in [3.8, 4) is 6.07 Å². The van der Waals surface area contributed by atoms with Gasteiger partial charge in [0.2, 0.25) is 0 Å². The fourth-order valence-corrected chi connectivity index (χ4v) is 1.68. The molecule has 14 heavy (non-hydrogen) atoms. The summed E-state index contributed by atoms with van der Waals surface area (Å²) in [7, 11) is 0. The molecule has 0 aromatic heterocycles. The van der Waals surface area contributed by atoms with Gasteiger partial charge in [-0.05, 0) is 11.6 Å². The Morgan fingerprint density at radius 1 is 1.64 bits per heavy atom. The summed E-state index contributed by atoms with van der Waals surface area (Å²) in [5, 5.41) is 19.7. The van der Waals surface area contributed by atoms with Crippen LogP contribution in [0, 0.1) is 21.4 Å². The minimum atomic E-state index is -0.610. The van der Waals surface area contributed by atoms with Gasteiger partial charge in [-0.3, -0.25) is 10.1 Å². The van der Waals surface area contributed by atoms with Gasteiger partial charge in [0.25, 0.3) is 5.69 Å². The Bertz CT molecular complexity index is 428. The maximum absolute atomic E-state index is 10.5. The first kappa shape index (κ1) is 11.0. The van der Waals surface area contributed by atoms with Gasteiger partial charge >= 0.3 is 0 Å². The molecule has 0 aliphatic carbocycles. The van der Waals surface area contributed by atoms with Gasteiger partial charge in [0.15, 0.2) is 0 Å². The fraction of sp³-hybridized carbons (Fsp3) is 0.125. The lowest BCUT2D eigenvalue weighted by molar-refractivity contribution is -0.384. The summed E-state index contributed by atoms with van der Waals surface area (Å²) in [6, 6.07) is 4.48. The highest BCUT2D eigenvalue weighted by atomic mass is 79.9. The highest BCUT2D eigenvalue weighted by Gasteiger charge is 2.15. The molecule has 0 amide bonds. The van der Waals surface area contributed by atoms with Crippen molar-refractivity contribution >= 4 is 33.2 Å². The molecule has 0 heterocycles. The van der Waals surface area contributed by atoms with Crippen molar-refractivity contribution in [3.05, 3.63) is 38.4 Å². The Morgan fingerprint density at radius 2 is 2.29 bits per heavy atom. The largest absolute Gasteiger partial charge is 0.289 e. The Kier molecular flexibility index (Phi) is 3.44. The zero-order valence-electron chi connectivity index (χ0n) is 6.83. The summed E-state index contributed by atoms with van der Waals surface area (Å²) in [5.41, 5.74) is 0.661. The topological polar surface area (TPSA) is 66.9 Å². The molecule has 0 atom stereocenters. The van der Waals surface area contributed by atoms with E-state index in [-0.39, 0.29) is 16.3 Å². The maximum Gasteiger partial charge on any atom is 0.289 e. The zero-order chi connectivity index (χ0) is 10.7. The zero-order valence-corrected chi connectivity index (χ0v) is 9.17. The van der Waals surface area contributed by atoms with Gasteiger partial charge in [-0.15, -0.1) is 0 Å². The van der Waals surface area contributed by atoms with Gasteiger partial charge < -0.3 is 0 Å². The highest BCUT2D eigenvalue weighted by Crippen LogP contribution is 2.28. The third-order valence-corrected chi connectivity index (χ3v) is 2.54. The smallest absolute Gasteiger partial charge is 0.258 e. The summed E-state index contributed by atoms with van der Waals surface area (Å²) < 4.78 is 0. The van der Waals surface area contributed by atoms with Crippen molar-refractivity contribution < 1.29 is 4.92 Å². The molecule has 1 rings (SSSR count). The first-order valence-corrected chi connectivity index (χ1v) is 5.03. The summed E-state index contributed by atoms with van der Waals surface area (Å²) in [6.45, 7) is 0. The monoisotopic (exact) mass is 274 g/mol. The van der Waals surface area contributed by atoms with Gasteiger partial charge in [-0.25, -0.2) is 0 Å². The van der Waals surface area contributed by atoms with Crippen LogP contribution in [0.3, 0.4) is 0 Å². The Morgan fingerprint density at radius 3 is 2.71 bits per heavy atom. The highest BCUT2D eigenvalue weighted by molar-refractivity contribution is 9.08. The minimum absolute atomic E-state index is 0.0449. The van der Waals surface area contributed by atoms with Gasteiger partial charge in [0, 0.05) is 11.4 Å². The lowest BCUT2D eigenvalue weighted by atomic mass is 10.1. The quantitative estimate of drug-likeness (QED) is 0.473. The molecule has 0 bridgehead atoms. The van der Waals surface area contributed by atoms with Gasteiger partial charge in [0.05, 0.1) is 16.6 Å². The second-order valence-electron chi connectivity index (χ2n) is 2.46. The van der Waals surface area contributed by atoms with Gasteiger partial charge in [0.1, 0.15) is 5.02 Å². The third kappa shape index (κ3) is 2.03. The molecule has 0 spiro atoms. The van der Waals surface area contributed by atoms with Crippen molar-refractivity contribution in [1.82, 2.24) is 0 Å². The van der Waals surface area contributed by atoms with E-state index in [1.165, 1.54) is 12.1 Å². The molecule has 1 aromatic rings. The molecule has 0 N–H and O–H groups in total. The van der Waals surface area contributed by atoms with Crippen LogP contribution in [0.5, 0.6) is 0 Å². The van der Waals surface area contributed by atoms with Crippen LogP contribution in [0.15, 0.2) is 12.1 Å². The number of hydrogen-bond donors (Lipinski definition) is 0. The molecule has 0 radical (unpaired) electrons. The van der Waals surface area contributed by atoms with Crippen molar-refractivity contribution in [1.29, 1.82) is 5.26 Å². The van der Waals surface area contributed by atoms with Gasteiger partial charge in [-0.1, -0.05) is 27.5 Å². The van der Waals surface area contributed by atoms with E-state index in [0.29, 0.717) is 10.9 Å². The summed E-state index contributed by atoms with van der Waals surface area (Å²) in [5.74, 6) is 0. The van der Waals surface area contributed by atoms with Crippen LogP contribution in [0.25, 0.3) is 0 Å². The molecule has 0 saturated heterocycles. The molecule has 6 heteroatoms. The average molecular weight is 275 g/mol. The number of benzene rings is 1. The molecule has 72 valence electrons. The van der Waals surface area contributed by atoms with E-state index < -0.39 is 4.92 Å². The van der Waals surface area contributed by atoms with E-state index >= 15 is 0 Å². The molecule has 0 fully saturated rings. The Labute approximate surface area is 93.4 Å². The molecule has 4 nitrogen and oxygen atoms in total. The lowest BCUT2D eigenvalue weighted by Gasteiger charge is -2.01. The fourth-order valence-electron chi connectivity index (χ4n) is 0.958. The van der Waals surface area contributed by atoms with Crippen molar-refractivity contribution in [2.75, 3.05) is 0 Å². The number of nitriles is 1. The normalized spacial score (nSPS) is 9.50. The van der Waals surface area contributed by atoms with E-state index in [1.807, 2.05) is 6.07 Å². The predicted molar refractivity (Wildman–Crippen MR) is 55.5 cm³/mol. The first-order valence-electron chi connectivity index (χ1n) is 3.53. The standard InChI is InChI=1S/C8H4BrClN2O2/c9-3-5-1-7(10)8(12(13)14)2-6(5)4-11/h1-2H,3H2. The minimum Gasteiger partial charge on any atom is -0.258 e. The molecule has 0 saturated carbocycles. The van der Waals surface area contributed by atoms with E-state index in [1.54, 1.807) is 0 Å². The van der Waals surface area contributed by atoms with Gasteiger partial charge in [-0.2, -0.15) is 5.26 Å². The number of rotatable bonds is 2. The lowest BCUT2D eigenvalue weighted by Crippen LogP contribution is -1.93. The number of nitro groups is 1. The van der Waals surface area contributed by atoms with Crippen LogP contribution in [-0.2, 0) is 5.33 Å². The van der Waals surface area contributed by atoms with E-state index in [2.05, 4.69) is 15.9 Å². The van der Waals surface area contributed by atoms with Crippen LogP contribution in [0.1, 0.15) is 11.1 Å². The van der Waals surface area contributed by atoms with Crippen LogP contribution in [0.4, 0.5) is 5.69 Å². The molecule has 1 aromatic carbocycles. The summed E-state index contributed by atoms with van der Waals surface area (Å²) in [4.78, 5) is 9.88. The summed E-state index contributed by atoms with van der Waals surface area (Å²) in [6.07, 6.45) is 0. The predicted octanol–water partition coefficient (Wildman–Crippen LogP) is 3.01. The summed E-state index contributed by atoms with van der Waals surface area (Å²) >= 11 is 8.83. The van der Waals surface area contributed by atoms with Crippen LogP contribution in [0.2, 0.25) is 5.02 Å². The second kappa shape index (κ2) is 4.40. The number of nitrogens with zero attached hydrogens (tertiary/aromatic N) is 2.